The van der Waals surface area contributed by atoms with E-state index in [4.69, 9.17) is 21.1 Å². The summed E-state index contributed by atoms with van der Waals surface area (Å²) in [6, 6.07) is 12.7. The molecule has 1 spiro atoms. The average Bonchev–Trinajstić information content (AvgIpc) is 3.82. The number of amides is 1. The first-order valence-corrected chi connectivity index (χ1v) is 16.8. The molecule has 10 nitrogen and oxygen atoms in total. The first-order chi connectivity index (χ1) is 21.2. The molecule has 1 saturated carbocycles. The van der Waals surface area contributed by atoms with Crippen LogP contribution < -0.4 is 4.72 Å². The Bertz CT molecular complexity index is 1810. The van der Waals surface area contributed by atoms with Crippen LogP contribution in [-0.4, -0.2) is 45.3 Å². The molecule has 1 fully saturated rings. The van der Waals surface area contributed by atoms with Crippen LogP contribution in [0.25, 0.3) is 11.1 Å². The number of hydrogen-bond acceptors (Lipinski definition) is 7. The second kappa shape index (κ2) is 12.2. The number of aromatic nitrogens is 3. The Hall–Kier alpha value is -3.96. The molecule has 12 heteroatoms. The molecule has 1 aliphatic heterocycles. The Morgan fingerprint density at radius 3 is 2.59 bits per heavy atom. The highest BCUT2D eigenvalue weighted by Gasteiger charge is 2.49. The summed E-state index contributed by atoms with van der Waals surface area (Å²) in [5.41, 5.74) is 2.48. The predicted molar refractivity (Wildman–Crippen MR) is 169 cm³/mol. The van der Waals surface area contributed by atoms with Crippen molar-refractivity contribution >= 4 is 39.2 Å². The van der Waals surface area contributed by atoms with Crippen molar-refractivity contribution in [2.45, 2.75) is 82.3 Å². The van der Waals surface area contributed by atoms with Gasteiger partial charge in [-0.05, 0) is 48.9 Å². The molecule has 4 aromatic rings. The van der Waals surface area contributed by atoms with Crippen molar-refractivity contribution in [3.8, 4) is 11.1 Å². The van der Waals surface area contributed by atoms with Gasteiger partial charge in [0.2, 0.25) is 5.82 Å². The summed E-state index contributed by atoms with van der Waals surface area (Å²) < 4.78 is 36.7. The highest BCUT2D eigenvalue weighted by Crippen LogP contribution is 2.40. The SMILES string of the molecule is CCCCC1=NC2(CCCC2)C(=O)N1Cc1ccc(-c2ccccc2S(=O)(=O)Nc2noc(C)c2Cl)c(Cn2ccnc2)c1. The molecular weight excluding hydrogens is 600 g/mol. The number of imidazole rings is 1. The number of unbranched alkanes of at least 4 members (excludes halogenated alkanes) is 1. The third-order valence-corrected chi connectivity index (χ3v) is 10.2. The monoisotopic (exact) mass is 634 g/mol. The normalized spacial score (nSPS) is 16.2. The zero-order valence-corrected chi connectivity index (χ0v) is 26.4. The Morgan fingerprint density at radius 2 is 1.89 bits per heavy atom. The van der Waals surface area contributed by atoms with Crippen molar-refractivity contribution < 1.29 is 17.7 Å². The summed E-state index contributed by atoms with van der Waals surface area (Å²) in [5.74, 6) is 1.23. The van der Waals surface area contributed by atoms with E-state index in [-0.39, 0.29) is 21.6 Å². The van der Waals surface area contributed by atoms with Crippen LogP contribution in [0.4, 0.5) is 5.82 Å². The summed E-state index contributed by atoms with van der Waals surface area (Å²) >= 11 is 6.21. The Labute approximate surface area is 262 Å². The van der Waals surface area contributed by atoms with Crippen molar-refractivity contribution in [2.24, 2.45) is 4.99 Å². The molecule has 2 aromatic heterocycles. The van der Waals surface area contributed by atoms with Gasteiger partial charge in [-0.15, -0.1) is 0 Å². The fourth-order valence-corrected chi connectivity index (χ4v) is 7.53. The molecule has 1 N–H and O–H groups in total. The van der Waals surface area contributed by atoms with Crippen LogP contribution in [0.15, 0.2) is 75.6 Å². The topological polar surface area (TPSA) is 123 Å². The van der Waals surface area contributed by atoms with Gasteiger partial charge in [0.15, 0.2) is 5.76 Å². The molecule has 6 rings (SSSR count). The van der Waals surface area contributed by atoms with Crippen LogP contribution in [-0.2, 0) is 27.9 Å². The summed E-state index contributed by atoms with van der Waals surface area (Å²) in [6.45, 7) is 4.61. The molecule has 1 aliphatic carbocycles. The number of carbonyl (C=O) groups excluding carboxylic acids is 1. The number of aliphatic imine (C=N–C) groups is 1. The molecule has 0 unspecified atom stereocenters. The van der Waals surface area contributed by atoms with E-state index in [0.717, 1.165) is 67.5 Å². The number of amidine groups is 1. The maximum Gasteiger partial charge on any atom is 0.263 e. The fourth-order valence-electron chi connectivity index (χ4n) is 6.13. The van der Waals surface area contributed by atoms with Crippen LogP contribution in [0, 0.1) is 6.92 Å². The number of rotatable bonds is 11. The van der Waals surface area contributed by atoms with Gasteiger partial charge in [0.1, 0.15) is 16.4 Å². The standard InChI is InChI=1S/C32H35ClN6O4S/c1-3-4-11-28-35-32(14-7-8-15-32)31(40)39(28)19-23-12-13-25(24(18-23)20-38-17-16-34-21-38)26-9-5-6-10-27(26)44(41,42)37-30-29(33)22(2)43-36-30/h5-6,9-10,12-13,16-18,21H,3-4,7-8,11,14-15,19-20H2,1-2H3,(H,36,37). The van der Waals surface area contributed by atoms with Gasteiger partial charge in [0, 0.05) is 30.9 Å². The molecule has 44 heavy (non-hydrogen) atoms. The van der Waals surface area contributed by atoms with Gasteiger partial charge in [-0.2, -0.15) is 0 Å². The number of carbonyl (C=O) groups is 1. The zero-order chi connectivity index (χ0) is 30.9. The van der Waals surface area contributed by atoms with Gasteiger partial charge in [0.25, 0.3) is 15.9 Å². The van der Waals surface area contributed by atoms with Gasteiger partial charge in [-0.3, -0.25) is 19.4 Å². The number of nitrogens with zero attached hydrogens (tertiary/aromatic N) is 5. The van der Waals surface area contributed by atoms with E-state index < -0.39 is 15.6 Å². The minimum absolute atomic E-state index is 0.0659. The first-order valence-electron chi connectivity index (χ1n) is 14.9. The number of halogens is 1. The van der Waals surface area contributed by atoms with Gasteiger partial charge in [-0.1, -0.05) is 79.3 Å². The average molecular weight is 635 g/mol. The molecule has 1 amide bonds. The van der Waals surface area contributed by atoms with Gasteiger partial charge >= 0.3 is 0 Å². The number of hydrogen-bond donors (Lipinski definition) is 1. The van der Waals surface area contributed by atoms with Crippen molar-refractivity contribution in [3.63, 3.8) is 0 Å². The van der Waals surface area contributed by atoms with Crippen LogP contribution in [0.2, 0.25) is 5.02 Å². The lowest BCUT2D eigenvalue weighted by atomic mass is 9.96. The molecule has 2 aliphatic rings. The second-order valence-electron chi connectivity index (χ2n) is 11.5. The summed E-state index contributed by atoms with van der Waals surface area (Å²) in [6.07, 6.45) is 11.7. The van der Waals surface area contributed by atoms with Crippen LogP contribution in [0.5, 0.6) is 0 Å². The fraction of sp³-hybridized carbons (Fsp3) is 0.375. The summed E-state index contributed by atoms with van der Waals surface area (Å²) in [7, 11) is -4.09. The molecule has 0 radical (unpaired) electrons. The molecule has 0 saturated heterocycles. The third kappa shape index (κ3) is 5.78. The van der Waals surface area contributed by atoms with E-state index in [1.54, 1.807) is 43.7 Å². The van der Waals surface area contributed by atoms with Gasteiger partial charge in [-0.25, -0.2) is 13.4 Å². The van der Waals surface area contributed by atoms with E-state index in [1.807, 2.05) is 33.9 Å². The third-order valence-electron chi connectivity index (χ3n) is 8.39. The maximum absolute atomic E-state index is 13.8. The Morgan fingerprint density at radius 1 is 1.09 bits per heavy atom. The zero-order valence-electron chi connectivity index (χ0n) is 24.8. The van der Waals surface area contributed by atoms with Crippen molar-refractivity contribution in [1.82, 2.24) is 19.6 Å². The van der Waals surface area contributed by atoms with Gasteiger partial charge in [0.05, 0.1) is 17.8 Å². The number of sulfonamides is 1. The summed E-state index contributed by atoms with van der Waals surface area (Å²) in [4.78, 5) is 24.9. The van der Waals surface area contributed by atoms with E-state index in [0.29, 0.717) is 24.4 Å². The Balaban J connectivity index is 1.37. The lowest BCUT2D eigenvalue weighted by Crippen LogP contribution is -2.40. The molecular formula is C32H35ClN6O4S. The van der Waals surface area contributed by atoms with Crippen molar-refractivity contribution in [1.29, 1.82) is 0 Å². The molecule has 3 heterocycles. The van der Waals surface area contributed by atoms with E-state index in [9.17, 15) is 13.2 Å². The quantitative estimate of drug-likeness (QED) is 0.198. The highest BCUT2D eigenvalue weighted by atomic mass is 35.5. The van der Waals surface area contributed by atoms with Crippen LogP contribution in [0.1, 0.15) is 68.8 Å². The van der Waals surface area contributed by atoms with E-state index in [2.05, 4.69) is 21.8 Å². The minimum Gasteiger partial charge on any atom is -0.358 e. The molecule has 2 aromatic carbocycles. The second-order valence-corrected chi connectivity index (χ2v) is 13.5. The smallest absolute Gasteiger partial charge is 0.263 e. The molecule has 0 bridgehead atoms. The van der Waals surface area contributed by atoms with Crippen molar-refractivity contribution in [2.75, 3.05) is 4.72 Å². The summed E-state index contributed by atoms with van der Waals surface area (Å²) in [5, 5.41) is 3.87. The first kappa shape index (κ1) is 30.1. The predicted octanol–water partition coefficient (Wildman–Crippen LogP) is 6.59. The highest BCUT2D eigenvalue weighted by molar-refractivity contribution is 7.92. The largest absolute Gasteiger partial charge is 0.358 e. The number of nitrogens with one attached hydrogen (secondary N) is 1. The minimum atomic E-state index is -4.09. The number of aryl methyl sites for hydroxylation is 1. The van der Waals surface area contributed by atoms with E-state index in [1.165, 1.54) is 0 Å². The maximum atomic E-state index is 13.8. The lowest BCUT2D eigenvalue weighted by Gasteiger charge is -2.23. The number of benzene rings is 2. The van der Waals surface area contributed by atoms with Crippen molar-refractivity contribution in [3.05, 3.63) is 83.1 Å². The van der Waals surface area contributed by atoms with Gasteiger partial charge < -0.3 is 9.09 Å². The van der Waals surface area contributed by atoms with Crippen LogP contribution >= 0.6 is 11.6 Å². The van der Waals surface area contributed by atoms with Crippen LogP contribution in [0.3, 0.4) is 0 Å². The van der Waals surface area contributed by atoms with E-state index >= 15 is 0 Å². The Kier molecular flexibility index (Phi) is 8.34. The lowest BCUT2D eigenvalue weighted by molar-refractivity contribution is -0.131. The number of anilines is 1. The molecule has 0 atom stereocenters. The molecule has 230 valence electrons.